The number of anilines is 1. The maximum atomic E-state index is 9.13. The molecule has 0 aliphatic rings. The van der Waals surface area contributed by atoms with Gasteiger partial charge < -0.3 is 5.73 Å². The minimum atomic E-state index is 0.380. The van der Waals surface area contributed by atoms with Gasteiger partial charge >= 0.3 is 0 Å². The van der Waals surface area contributed by atoms with Gasteiger partial charge in [0.1, 0.15) is 11.9 Å². The highest BCUT2D eigenvalue weighted by Crippen LogP contribution is 2.24. The Morgan fingerprint density at radius 1 is 1.16 bits per heavy atom. The van der Waals surface area contributed by atoms with Crippen molar-refractivity contribution < 1.29 is 0 Å². The molecule has 2 heterocycles. The van der Waals surface area contributed by atoms with Gasteiger partial charge in [-0.25, -0.2) is 4.98 Å². The number of nitrogen functional groups attached to an aromatic ring is 1. The molecule has 3 rings (SSSR count). The van der Waals surface area contributed by atoms with Crippen molar-refractivity contribution in [2.45, 2.75) is 0 Å². The van der Waals surface area contributed by atoms with Gasteiger partial charge in [-0.05, 0) is 36.4 Å². The van der Waals surface area contributed by atoms with Gasteiger partial charge in [0.2, 0.25) is 0 Å². The second kappa shape index (κ2) is 4.30. The molecule has 0 aliphatic heterocycles. The zero-order chi connectivity index (χ0) is 13.4. The average molecular weight is 269 g/mol. The average Bonchev–Trinajstić information content (AvgIpc) is 2.77. The summed E-state index contributed by atoms with van der Waals surface area (Å²) in [5, 5.41) is 9.79. The lowest BCUT2D eigenvalue weighted by Crippen LogP contribution is -1.92. The molecule has 19 heavy (non-hydrogen) atoms. The molecule has 0 amide bonds. The third-order valence-electron chi connectivity index (χ3n) is 2.87. The van der Waals surface area contributed by atoms with Crippen LogP contribution in [0.15, 0.2) is 42.6 Å². The van der Waals surface area contributed by atoms with Gasteiger partial charge in [-0.15, -0.1) is 0 Å². The summed E-state index contributed by atoms with van der Waals surface area (Å²) in [6, 6.07) is 12.9. The number of benzene rings is 1. The fourth-order valence-corrected chi connectivity index (χ4v) is 2.11. The van der Waals surface area contributed by atoms with Crippen molar-refractivity contribution in [2.24, 2.45) is 0 Å². The van der Waals surface area contributed by atoms with Gasteiger partial charge in [0.15, 0.2) is 5.69 Å². The molecule has 4 nitrogen and oxygen atoms in total. The van der Waals surface area contributed by atoms with Crippen LogP contribution in [0.4, 0.5) is 5.69 Å². The van der Waals surface area contributed by atoms with E-state index in [2.05, 4.69) is 11.1 Å². The molecule has 5 heteroatoms. The third-order valence-corrected chi connectivity index (χ3v) is 3.12. The maximum Gasteiger partial charge on any atom is 0.166 e. The summed E-state index contributed by atoms with van der Waals surface area (Å²) in [6.45, 7) is 0. The number of halogens is 1. The predicted octanol–water partition coefficient (Wildman–Crippen LogP) is 3.11. The molecule has 0 atom stereocenters. The van der Waals surface area contributed by atoms with Gasteiger partial charge in [-0.2, -0.15) is 5.26 Å². The minimum Gasteiger partial charge on any atom is -0.398 e. The normalized spacial score (nSPS) is 10.5. The van der Waals surface area contributed by atoms with E-state index < -0.39 is 0 Å². The molecule has 0 saturated heterocycles. The first kappa shape index (κ1) is 11.6. The second-order valence-corrected chi connectivity index (χ2v) is 4.56. The van der Waals surface area contributed by atoms with E-state index in [0.29, 0.717) is 22.2 Å². The zero-order valence-electron chi connectivity index (χ0n) is 9.84. The van der Waals surface area contributed by atoms with Crippen molar-refractivity contribution in [3.63, 3.8) is 0 Å². The van der Waals surface area contributed by atoms with Crippen LogP contribution >= 0.6 is 11.6 Å². The van der Waals surface area contributed by atoms with Gasteiger partial charge in [-0.3, -0.25) is 4.40 Å². The number of pyridine rings is 1. The van der Waals surface area contributed by atoms with E-state index >= 15 is 0 Å². The molecular weight excluding hydrogens is 260 g/mol. The molecule has 1 aromatic carbocycles. The highest BCUT2D eigenvalue weighted by molar-refractivity contribution is 6.30. The van der Waals surface area contributed by atoms with Crippen LogP contribution in [0.1, 0.15) is 5.69 Å². The fraction of sp³-hybridized carbons (Fsp3) is 0. The number of nitrogens with zero attached hydrogens (tertiary/aromatic N) is 3. The highest BCUT2D eigenvalue weighted by Gasteiger charge is 2.12. The lowest BCUT2D eigenvalue weighted by atomic mass is 10.2. The summed E-state index contributed by atoms with van der Waals surface area (Å²) in [5.74, 6) is 0.676. The van der Waals surface area contributed by atoms with E-state index in [-0.39, 0.29) is 0 Å². The van der Waals surface area contributed by atoms with Crippen LogP contribution in [-0.4, -0.2) is 9.38 Å². The van der Waals surface area contributed by atoms with Crippen molar-refractivity contribution in [3.8, 4) is 17.5 Å². The molecule has 0 aliphatic carbocycles. The van der Waals surface area contributed by atoms with E-state index in [1.807, 2.05) is 16.5 Å². The van der Waals surface area contributed by atoms with E-state index in [0.717, 1.165) is 11.1 Å². The third kappa shape index (κ3) is 1.90. The second-order valence-electron chi connectivity index (χ2n) is 4.12. The number of nitrogens with two attached hydrogens (primary N) is 1. The lowest BCUT2D eigenvalue weighted by Gasteiger charge is -2.02. The van der Waals surface area contributed by atoms with E-state index in [9.17, 15) is 0 Å². The van der Waals surface area contributed by atoms with Crippen LogP contribution in [-0.2, 0) is 0 Å². The Morgan fingerprint density at radius 2 is 1.89 bits per heavy atom. The van der Waals surface area contributed by atoms with Gasteiger partial charge in [0.05, 0.1) is 5.52 Å². The molecular formula is C14H9ClN4. The van der Waals surface area contributed by atoms with Crippen LogP contribution in [0.5, 0.6) is 0 Å². The first-order valence-electron chi connectivity index (χ1n) is 5.62. The molecule has 0 bridgehead atoms. The van der Waals surface area contributed by atoms with E-state index in [1.165, 1.54) is 0 Å². The summed E-state index contributed by atoms with van der Waals surface area (Å²) >= 11 is 5.88. The molecule has 92 valence electrons. The Hall–Kier alpha value is -2.51. The maximum absolute atomic E-state index is 9.13. The molecule has 2 aromatic heterocycles. The summed E-state index contributed by atoms with van der Waals surface area (Å²) in [7, 11) is 0. The van der Waals surface area contributed by atoms with Gasteiger partial charge in [0, 0.05) is 22.5 Å². The van der Waals surface area contributed by atoms with E-state index in [4.69, 9.17) is 22.6 Å². The molecule has 0 unspecified atom stereocenters. The number of rotatable bonds is 1. The first-order chi connectivity index (χ1) is 9.19. The highest BCUT2D eigenvalue weighted by atomic mass is 35.5. The molecule has 2 N–H and O–H groups in total. The predicted molar refractivity (Wildman–Crippen MR) is 74.8 cm³/mol. The fourth-order valence-electron chi connectivity index (χ4n) is 1.99. The van der Waals surface area contributed by atoms with Crippen molar-refractivity contribution in [1.29, 1.82) is 5.26 Å². The van der Waals surface area contributed by atoms with Crippen LogP contribution < -0.4 is 5.73 Å². The first-order valence-corrected chi connectivity index (χ1v) is 6.00. The minimum absolute atomic E-state index is 0.380. The van der Waals surface area contributed by atoms with Crippen molar-refractivity contribution in [2.75, 3.05) is 5.73 Å². The Bertz CT molecular complexity index is 797. The van der Waals surface area contributed by atoms with Crippen LogP contribution in [0, 0.1) is 11.3 Å². The Labute approximate surface area is 114 Å². The standard InChI is InChI=1S/C14H9ClN4/c15-10-3-1-9(2-4-10)14-18-12(7-16)13-6-5-11(17)8-19(13)14/h1-6,8H,17H2. The molecule has 0 saturated carbocycles. The Morgan fingerprint density at radius 3 is 2.58 bits per heavy atom. The molecule has 0 radical (unpaired) electrons. The number of nitriles is 1. The van der Waals surface area contributed by atoms with Crippen LogP contribution in [0.2, 0.25) is 5.02 Å². The van der Waals surface area contributed by atoms with Gasteiger partial charge in [-0.1, -0.05) is 11.6 Å². The lowest BCUT2D eigenvalue weighted by molar-refractivity contribution is 1.16. The SMILES string of the molecule is N#Cc1nc(-c2ccc(Cl)cc2)n2cc(N)ccc12. The zero-order valence-corrected chi connectivity index (χ0v) is 10.6. The van der Waals surface area contributed by atoms with Crippen molar-refractivity contribution in [1.82, 2.24) is 9.38 Å². The number of imidazole rings is 1. The van der Waals surface area contributed by atoms with Crippen LogP contribution in [0.3, 0.4) is 0 Å². The number of fused-ring (bicyclic) bond motifs is 1. The number of aromatic nitrogens is 2. The summed E-state index contributed by atoms with van der Waals surface area (Å²) < 4.78 is 1.82. The summed E-state index contributed by atoms with van der Waals surface area (Å²) in [6.07, 6.45) is 1.76. The molecule has 0 fully saturated rings. The van der Waals surface area contributed by atoms with Crippen LogP contribution in [0.25, 0.3) is 16.9 Å². The van der Waals surface area contributed by atoms with Crippen molar-refractivity contribution >= 4 is 22.8 Å². The van der Waals surface area contributed by atoms with Crippen molar-refractivity contribution in [3.05, 3.63) is 53.3 Å². The van der Waals surface area contributed by atoms with Gasteiger partial charge in [0.25, 0.3) is 0 Å². The smallest absolute Gasteiger partial charge is 0.166 e. The largest absolute Gasteiger partial charge is 0.398 e. The molecule has 0 spiro atoms. The molecule has 3 aromatic rings. The topological polar surface area (TPSA) is 67.1 Å². The summed E-state index contributed by atoms with van der Waals surface area (Å²) in [4.78, 5) is 4.35. The number of hydrogen-bond acceptors (Lipinski definition) is 3. The quantitative estimate of drug-likeness (QED) is 0.737. The van der Waals surface area contributed by atoms with E-state index in [1.54, 1.807) is 30.5 Å². The Balaban J connectivity index is 2.32. The Kier molecular flexibility index (Phi) is 2.62. The number of hydrogen-bond donors (Lipinski definition) is 1. The monoisotopic (exact) mass is 268 g/mol. The summed E-state index contributed by atoms with van der Waals surface area (Å²) in [5.41, 5.74) is 8.41.